The zero-order valence-corrected chi connectivity index (χ0v) is 9.85. The maximum absolute atomic E-state index is 11.9. The molecular formula is C10H8BrF3O2. The molecule has 0 unspecified atom stereocenters. The molecule has 0 amide bonds. The van der Waals surface area contributed by atoms with Crippen molar-refractivity contribution in [3.8, 4) is 5.75 Å². The lowest BCUT2D eigenvalue weighted by Crippen LogP contribution is -2.17. The molecule has 1 rings (SSSR count). The fourth-order valence-corrected chi connectivity index (χ4v) is 1.69. The van der Waals surface area contributed by atoms with Crippen LogP contribution in [0.5, 0.6) is 5.75 Å². The zero-order chi connectivity index (χ0) is 12.3. The van der Waals surface area contributed by atoms with Crippen molar-refractivity contribution < 1.29 is 22.7 Å². The fourth-order valence-electron chi connectivity index (χ4n) is 1.11. The lowest BCUT2D eigenvalue weighted by atomic mass is 10.1. The zero-order valence-electron chi connectivity index (χ0n) is 8.27. The Morgan fingerprint density at radius 3 is 2.50 bits per heavy atom. The average Bonchev–Trinajstić information content (AvgIpc) is 2.14. The van der Waals surface area contributed by atoms with Crippen molar-refractivity contribution >= 4 is 21.7 Å². The summed E-state index contributed by atoms with van der Waals surface area (Å²) in [6, 6.07) is 3.54. The molecule has 88 valence electrons. The van der Waals surface area contributed by atoms with Crippen molar-refractivity contribution in [1.82, 2.24) is 0 Å². The molecule has 0 atom stereocenters. The van der Waals surface area contributed by atoms with Crippen LogP contribution in [0.15, 0.2) is 22.7 Å². The van der Waals surface area contributed by atoms with Crippen molar-refractivity contribution in [2.24, 2.45) is 0 Å². The molecule has 0 N–H and O–H groups in total. The van der Waals surface area contributed by atoms with E-state index in [9.17, 15) is 18.0 Å². The number of hydrogen-bond donors (Lipinski definition) is 0. The minimum absolute atomic E-state index is 0.148. The van der Waals surface area contributed by atoms with Crippen LogP contribution in [-0.2, 0) is 0 Å². The maximum atomic E-state index is 11.9. The Labute approximate surface area is 98.5 Å². The number of carbonyl (C=O) groups is 1. The molecule has 0 bridgehead atoms. The van der Waals surface area contributed by atoms with Crippen LogP contribution in [0, 0.1) is 0 Å². The van der Waals surface area contributed by atoms with Gasteiger partial charge in [-0.1, -0.05) is 6.92 Å². The summed E-state index contributed by atoms with van der Waals surface area (Å²) >= 11 is 3.03. The lowest BCUT2D eigenvalue weighted by molar-refractivity contribution is -0.274. The van der Waals surface area contributed by atoms with E-state index in [0.717, 1.165) is 12.1 Å². The molecule has 0 fully saturated rings. The van der Waals surface area contributed by atoms with Crippen LogP contribution in [0.2, 0.25) is 0 Å². The Morgan fingerprint density at radius 1 is 1.44 bits per heavy atom. The minimum Gasteiger partial charge on any atom is -0.406 e. The predicted octanol–water partition coefficient (Wildman–Crippen LogP) is 3.94. The quantitative estimate of drug-likeness (QED) is 0.790. The second kappa shape index (κ2) is 4.86. The Balaban J connectivity index is 2.96. The number of halogens is 4. The molecule has 0 radical (unpaired) electrons. The van der Waals surface area contributed by atoms with Gasteiger partial charge in [0.15, 0.2) is 5.78 Å². The third kappa shape index (κ3) is 3.52. The van der Waals surface area contributed by atoms with E-state index in [-0.39, 0.29) is 18.0 Å². The normalized spacial score (nSPS) is 11.3. The van der Waals surface area contributed by atoms with Gasteiger partial charge in [-0.15, -0.1) is 13.2 Å². The van der Waals surface area contributed by atoms with Crippen molar-refractivity contribution in [3.63, 3.8) is 0 Å². The summed E-state index contributed by atoms with van der Waals surface area (Å²) in [7, 11) is 0. The van der Waals surface area contributed by atoms with Gasteiger partial charge in [-0.25, -0.2) is 0 Å². The molecule has 1 aromatic carbocycles. The molecule has 0 aliphatic rings. The SMILES string of the molecule is CCC(=O)c1ccc(OC(F)(F)F)cc1Br. The number of alkyl halides is 3. The summed E-state index contributed by atoms with van der Waals surface area (Å²) in [6.07, 6.45) is -4.44. The first kappa shape index (κ1) is 13.0. The summed E-state index contributed by atoms with van der Waals surface area (Å²) in [4.78, 5) is 11.3. The molecule has 0 saturated heterocycles. The van der Waals surface area contributed by atoms with Gasteiger partial charge in [-0.3, -0.25) is 4.79 Å². The van der Waals surface area contributed by atoms with Gasteiger partial charge in [-0.2, -0.15) is 0 Å². The van der Waals surface area contributed by atoms with E-state index < -0.39 is 6.36 Å². The third-order valence-electron chi connectivity index (χ3n) is 1.80. The van der Waals surface area contributed by atoms with Gasteiger partial charge in [0.2, 0.25) is 0 Å². The van der Waals surface area contributed by atoms with Gasteiger partial charge in [0.25, 0.3) is 0 Å². The Kier molecular flexibility index (Phi) is 3.96. The first-order valence-electron chi connectivity index (χ1n) is 4.42. The number of rotatable bonds is 3. The average molecular weight is 297 g/mol. The Bertz CT molecular complexity index is 402. The highest BCUT2D eigenvalue weighted by Gasteiger charge is 2.31. The molecule has 16 heavy (non-hydrogen) atoms. The van der Waals surface area contributed by atoms with E-state index in [1.165, 1.54) is 6.07 Å². The number of hydrogen-bond acceptors (Lipinski definition) is 2. The first-order chi connectivity index (χ1) is 7.33. The Morgan fingerprint density at radius 2 is 2.06 bits per heavy atom. The molecule has 0 aromatic heterocycles. The van der Waals surface area contributed by atoms with Crippen molar-refractivity contribution in [1.29, 1.82) is 0 Å². The highest BCUT2D eigenvalue weighted by Crippen LogP contribution is 2.28. The third-order valence-corrected chi connectivity index (χ3v) is 2.45. The number of carbonyl (C=O) groups excluding carboxylic acids is 1. The highest BCUT2D eigenvalue weighted by molar-refractivity contribution is 9.10. The number of Topliss-reactive ketones (excluding diaryl/α,β-unsaturated/α-hetero) is 1. The second-order valence-corrected chi connectivity index (χ2v) is 3.82. The fraction of sp³-hybridized carbons (Fsp3) is 0.300. The molecule has 0 heterocycles. The van der Waals surface area contributed by atoms with Crippen LogP contribution >= 0.6 is 15.9 Å². The monoisotopic (exact) mass is 296 g/mol. The number of benzene rings is 1. The second-order valence-electron chi connectivity index (χ2n) is 2.97. The number of ether oxygens (including phenoxy) is 1. The van der Waals surface area contributed by atoms with Crippen LogP contribution in [0.25, 0.3) is 0 Å². The Hall–Kier alpha value is -1.04. The van der Waals surface area contributed by atoms with E-state index in [1.807, 2.05) is 0 Å². The van der Waals surface area contributed by atoms with Gasteiger partial charge in [-0.05, 0) is 34.1 Å². The van der Waals surface area contributed by atoms with Crippen LogP contribution in [0.4, 0.5) is 13.2 Å². The van der Waals surface area contributed by atoms with Crippen LogP contribution < -0.4 is 4.74 Å². The van der Waals surface area contributed by atoms with Crippen molar-refractivity contribution in [3.05, 3.63) is 28.2 Å². The molecular weight excluding hydrogens is 289 g/mol. The van der Waals surface area contributed by atoms with E-state index >= 15 is 0 Å². The van der Waals surface area contributed by atoms with Crippen LogP contribution in [0.3, 0.4) is 0 Å². The highest BCUT2D eigenvalue weighted by atomic mass is 79.9. The largest absolute Gasteiger partial charge is 0.573 e. The topological polar surface area (TPSA) is 26.3 Å². The smallest absolute Gasteiger partial charge is 0.406 e. The molecule has 0 aliphatic carbocycles. The molecule has 0 saturated carbocycles. The van der Waals surface area contributed by atoms with Gasteiger partial charge >= 0.3 is 6.36 Å². The van der Waals surface area contributed by atoms with E-state index in [2.05, 4.69) is 20.7 Å². The van der Waals surface area contributed by atoms with E-state index in [1.54, 1.807) is 6.92 Å². The predicted molar refractivity (Wildman–Crippen MR) is 55.4 cm³/mol. The molecule has 1 aromatic rings. The molecule has 0 spiro atoms. The summed E-state index contributed by atoms with van der Waals surface area (Å²) < 4.78 is 39.7. The van der Waals surface area contributed by atoms with E-state index in [0.29, 0.717) is 10.0 Å². The molecule has 6 heteroatoms. The number of ketones is 1. The standard InChI is InChI=1S/C10H8BrF3O2/c1-2-9(15)7-4-3-6(5-8(7)11)16-10(12,13)14/h3-5H,2H2,1H3. The van der Waals surface area contributed by atoms with E-state index in [4.69, 9.17) is 0 Å². The van der Waals surface area contributed by atoms with Gasteiger partial charge in [0.05, 0.1) is 0 Å². The van der Waals surface area contributed by atoms with Gasteiger partial charge in [0, 0.05) is 16.5 Å². The summed E-state index contributed by atoms with van der Waals surface area (Å²) in [5.41, 5.74) is 0.344. The summed E-state index contributed by atoms with van der Waals surface area (Å²) in [5, 5.41) is 0. The maximum Gasteiger partial charge on any atom is 0.573 e. The summed E-state index contributed by atoms with van der Waals surface area (Å²) in [5.74, 6) is -0.502. The minimum atomic E-state index is -4.73. The van der Waals surface area contributed by atoms with Crippen molar-refractivity contribution in [2.45, 2.75) is 19.7 Å². The van der Waals surface area contributed by atoms with Crippen LogP contribution in [-0.4, -0.2) is 12.1 Å². The molecule has 0 aliphatic heterocycles. The van der Waals surface area contributed by atoms with Gasteiger partial charge in [0.1, 0.15) is 5.75 Å². The lowest BCUT2D eigenvalue weighted by Gasteiger charge is -2.10. The van der Waals surface area contributed by atoms with Gasteiger partial charge < -0.3 is 4.74 Å². The molecule has 2 nitrogen and oxygen atoms in total. The van der Waals surface area contributed by atoms with Crippen molar-refractivity contribution in [2.75, 3.05) is 0 Å². The van der Waals surface area contributed by atoms with Crippen LogP contribution in [0.1, 0.15) is 23.7 Å². The summed E-state index contributed by atoms with van der Waals surface area (Å²) in [6.45, 7) is 1.68. The first-order valence-corrected chi connectivity index (χ1v) is 5.21.